The molecule has 0 spiro atoms. The van der Waals surface area contributed by atoms with E-state index in [1.54, 1.807) is 37.4 Å². The quantitative estimate of drug-likeness (QED) is 0.231. The number of amides is 3. The number of anilines is 1. The number of unbranched alkanes of at least 4 members (excludes halogenated alkanes) is 1. The van der Waals surface area contributed by atoms with Crippen LogP contribution in [0, 0.1) is 11.8 Å². The number of aromatic amines is 1. The molecular formula is C27H26N6O5. The minimum atomic E-state index is -0.895. The van der Waals surface area contributed by atoms with E-state index in [4.69, 9.17) is 4.74 Å². The zero-order valence-electron chi connectivity index (χ0n) is 20.7. The summed E-state index contributed by atoms with van der Waals surface area (Å²) in [5.74, 6) is 4.94. The Bertz CT molecular complexity index is 1390. The van der Waals surface area contributed by atoms with E-state index >= 15 is 0 Å². The van der Waals surface area contributed by atoms with Crippen LogP contribution in [-0.4, -0.2) is 65.4 Å². The number of fused-ring (bicyclic) bond motifs is 1. The van der Waals surface area contributed by atoms with E-state index in [1.807, 2.05) is 18.2 Å². The van der Waals surface area contributed by atoms with Crippen molar-refractivity contribution in [3.63, 3.8) is 0 Å². The summed E-state index contributed by atoms with van der Waals surface area (Å²) in [5.41, 5.74) is 2.18. The summed E-state index contributed by atoms with van der Waals surface area (Å²) in [6.45, 7) is 0.388. The van der Waals surface area contributed by atoms with Crippen LogP contribution >= 0.6 is 0 Å². The van der Waals surface area contributed by atoms with Gasteiger partial charge in [0, 0.05) is 37.9 Å². The fourth-order valence-corrected chi connectivity index (χ4v) is 3.72. The molecule has 11 heteroatoms. The van der Waals surface area contributed by atoms with E-state index in [0.29, 0.717) is 48.6 Å². The third-order valence-corrected chi connectivity index (χ3v) is 5.73. The van der Waals surface area contributed by atoms with Crippen LogP contribution < -0.4 is 20.3 Å². The Morgan fingerprint density at radius 1 is 1.21 bits per heavy atom. The van der Waals surface area contributed by atoms with Gasteiger partial charge in [-0.15, -0.1) is 5.10 Å². The Morgan fingerprint density at radius 2 is 2.00 bits per heavy atom. The normalized spacial score (nSPS) is 14.3. The fraction of sp³-hybridized carbons (Fsp3) is 0.259. The van der Waals surface area contributed by atoms with Gasteiger partial charge in [0.2, 0.25) is 5.82 Å². The van der Waals surface area contributed by atoms with Crippen molar-refractivity contribution >= 4 is 29.7 Å². The van der Waals surface area contributed by atoms with Crippen molar-refractivity contribution in [3.05, 3.63) is 71.3 Å². The molecule has 1 aliphatic rings. The summed E-state index contributed by atoms with van der Waals surface area (Å²) >= 11 is 0. The Morgan fingerprint density at radius 3 is 2.79 bits per heavy atom. The van der Waals surface area contributed by atoms with Crippen LogP contribution in [0.2, 0.25) is 0 Å². The van der Waals surface area contributed by atoms with Crippen LogP contribution in [0.1, 0.15) is 40.4 Å². The van der Waals surface area contributed by atoms with E-state index < -0.39 is 17.9 Å². The minimum absolute atomic E-state index is 0.0136. The maximum atomic E-state index is 12.8. The summed E-state index contributed by atoms with van der Waals surface area (Å²) in [6, 6.07) is 13.5. The van der Waals surface area contributed by atoms with Gasteiger partial charge in [0.05, 0.1) is 5.69 Å². The van der Waals surface area contributed by atoms with Crippen molar-refractivity contribution in [1.29, 1.82) is 0 Å². The third-order valence-electron chi connectivity index (χ3n) is 5.73. The molecule has 3 N–H and O–H groups in total. The summed E-state index contributed by atoms with van der Waals surface area (Å²) in [6.07, 6.45) is 2.17. The highest BCUT2D eigenvalue weighted by Crippen LogP contribution is 2.29. The lowest BCUT2D eigenvalue weighted by Crippen LogP contribution is -2.49. The van der Waals surface area contributed by atoms with Crippen LogP contribution in [0.4, 0.5) is 5.69 Å². The maximum absolute atomic E-state index is 12.8. The van der Waals surface area contributed by atoms with E-state index in [2.05, 4.69) is 37.7 Å². The average molecular weight is 515 g/mol. The van der Waals surface area contributed by atoms with Gasteiger partial charge in [0.1, 0.15) is 30.5 Å². The Balaban J connectivity index is 1.31. The third kappa shape index (κ3) is 6.61. The number of benzene rings is 2. The number of ether oxygens (including phenoxy) is 1. The lowest BCUT2D eigenvalue weighted by molar-refractivity contribution is -0.120. The molecule has 3 amide bonds. The monoisotopic (exact) mass is 514 g/mol. The molecule has 194 valence electrons. The second-order valence-corrected chi connectivity index (χ2v) is 8.50. The number of aromatic nitrogens is 3. The number of nitrogens with one attached hydrogen (secondary N) is 3. The lowest BCUT2D eigenvalue weighted by atomic mass is 10.1. The summed E-state index contributed by atoms with van der Waals surface area (Å²) in [4.78, 5) is 53.3. The van der Waals surface area contributed by atoms with Crippen molar-refractivity contribution in [2.75, 3.05) is 25.1 Å². The highest BCUT2D eigenvalue weighted by Gasteiger charge is 2.31. The van der Waals surface area contributed by atoms with Crippen molar-refractivity contribution in [1.82, 2.24) is 25.8 Å². The van der Waals surface area contributed by atoms with Gasteiger partial charge in [-0.2, -0.15) is 0 Å². The van der Waals surface area contributed by atoms with E-state index in [0.717, 1.165) is 11.8 Å². The summed E-state index contributed by atoms with van der Waals surface area (Å²) < 4.78 is 5.72. The molecule has 0 unspecified atom stereocenters. The molecular weight excluding hydrogens is 488 g/mol. The number of rotatable bonds is 8. The predicted molar refractivity (Wildman–Crippen MR) is 137 cm³/mol. The molecule has 4 rings (SSSR count). The molecule has 11 nitrogen and oxygen atoms in total. The maximum Gasteiger partial charge on any atom is 0.296 e. The first-order chi connectivity index (χ1) is 18.4. The first-order valence-corrected chi connectivity index (χ1v) is 12.0. The van der Waals surface area contributed by atoms with Crippen molar-refractivity contribution in [3.8, 4) is 17.6 Å². The molecule has 0 aliphatic carbocycles. The van der Waals surface area contributed by atoms with Crippen LogP contribution in [-0.2, 0) is 20.8 Å². The zero-order valence-corrected chi connectivity index (χ0v) is 20.7. The van der Waals surface area contributed by atoms with Gasteiger partial charge in [0.15, 0.2) is 0 Å². The minimum Gasteiger partial charge on any atom is -0.489 e. The summed E-state index contributed by atoms with van der Waals surface area (Å²) in [5, 5.41) is 12.0. The number of nitrogens with zero attached hydrogens (tertiary/aromatic N) is 3. The number of para-hydroxylation sites is 2. The second kappa shape index (κ2) is 12.3. The van der Waals surface area contributed by atoms with E-state index in [-0.39, 0.29) is 18.3 Å². The lowest BCUT2D eigenvalue weighted by Gasteiger charge is -2.19. The van der Waals surface area contributed by atoms with E-state index in [1.165, 1.54) is 4.90 Å². The molecule has 0 fully saturated rings. The van der Waals surface area contributed by atoms with Gasteiger partial charge in [0.25, 0.3) is 17.7 Å². The Labute approximate surface area is 219 Å². The SMILES string of the molecule is CN1C(=O)[C@@H](NC(=O)c2n[nH]c(Cc3ccc(C#CC(=O)NCCCC=O)cc3)n2)COc2ccccc21. The Kier molecular flexibility index (Phi) is 8.46. The van der Waals surface area contributed by atoms with Gasteiger partial charge in [-0.05, 0) is 36.2 Å². The van der Waals surface area contributed by atoms with Crippen molar-refractivity contribution < 1.29 is 23.9 Å². The number of hydrogen-bond donors (Lipinski definition) is 3. The molecule has 0 bridgehead atoms. The van der Waals surface area contributed by atoms with Crippen LogP contribution in [0.5, 0.6) is 5.75 Å². The average Bonchev–Trinajstić information content (AvgIpc) is 3.36. The van der Waals surface area contributed by atoms with Crippen LogP contribution in [0.15, 0.2) is 48.5 Å². The van der Waals surface area contributed by atoms with Gasteiger partial charge in [-0.3, -0.25) is 19.5 Å². The Hall–Kier alpha value is -4.98. The van der Waals surface area contributed by atoms with Gasteiger partial charge >= 0.3 is 0 Å². The van der Waals surface area contributed by atoms with Gasteiger partial charge in [-0.25, -0.2) is 4.98 Å². The molecule has 0 saturated carbocycles. The molecule has 1 aliphatic heterocycles. The van der Waals surface area contributed by atoms with Crippen LogP contribution in [0.3, 0.4) is 0 Å². The molecule has 38 heavy (non-hydrogen) atoms. The summed E-state index contributed by atoms with van der Waals surface area (Å²) in [7, 11) is 1.63. The fourth-order valence-electron chi connectivity index (χ4n) is 3.72. The molecule has 0 radical (unpaired) electrons. The largest absolute Gasteiger partial charge is 0.489 e. The van der Waals surface area contributed by atoms with Crippen molar-refractivity contribution in [2.24, 2.45) is 0 Å². The highest BCUT2D eigenvalue weighted by atomic mass is 16.5. The topological polar surface area (TPSA) is 146 Å². The molecule has 2 aromatic carbocycles. The molecule has 1 atom stereocenters. The van der Waals surface area contributed by atoms with Crippen molar-refractivity contribution in [2.45, 2.75) is 25.3 Å². The number of hydrogen-bond acceptors (Lipinski definition) is 7. The number of carbonyl (C=O) groups is 4. The molecule has 0 saturated heterocycles. The smallest absolute Gasteiger partial charge is 0.296 e. The first kappa shape index (κ1) is 26.1. The van der Waals surface area contributed by atoms with Gasteiger partial charge in [-0.1, -0.05) is 30.2 Å². The molecule has 1 aromatic heterocycles. The molecule has 3 aromatic rings. The number of likely N-dealkylation sites (N-methyl/N-ethyl adjacent to an activating group) is 1. The van der Waals surface area contributed by atoms with Crippen LogP contribution in [0.25, 0.3) is 0 Å². The predicted octanol–water partition coefficient (Wildman–Crippen LogP) is 0.996. The number of H-pyrrole nitrogens is 1. The highest BCUT2D eigenvalue weighted by molar-refractivity contribution is 6.02. The van der Waals surface area contributed by atoms with Gasteiger partial charge < -0.3 is 25.1 Å². The standard InChI is InChI=1S/C27H26N6O5/c1-33-21-6-2-3-7-22(21)38-17-20(27(33)37)29-26(36)25-30-23(31-32-25)16-19-10-8-18(9-11-19)12-13-24(35)28-14-4-5-15-34/h2-3,6-11,15,20H,4-5,14,16-17H2,1H3,(H,28,35)(H,29,36)(H,30,31,32)/t20-/m0/s1. The molecule has 2 heterocycles. The van der Waals surface area contributed by atoms with E-state index in [9.17, 15) is 19.2 Å². The zero-order chi connectivity index (χ0) is 26.9. The number of aldehydes is 1. The number of carbonyl (C=O) groups excluding carboxylic acids is 4. The second-order valence-electron chi connectivity index (χ2n) is 8.50. The first-order valence-electron chi connectivity index (χ1n) is 12.0.